The Hall–Kier alpha value is -3.46. The Morgan fingerprint density at radius 2 is 1.89 bits per heavy atom. The third-order valence-electron chi connectivity index (χ3n) is 3.79. The number of hydrogen-bond acceptors (Lipinski definition) is 7. The zero-order chi connectivity index (χ0) is 20.1. The van der Waals surface area contributed by atoms with E-state index in [1.54, 1.807) is 24.4 Å². The van der Waals surface area contributed by atoms with Crippen molar-refractivity contribution in [3.8, 4) is 0 Å². The summed E-state index contributed by atoms with van der Waals surface area (Å²) >= 11 is 1.13. The number of benzene rings is 2. The summed E-state index contributed by atoms with van der Waals surface area (Å²) in [6, 6.07) is 13.9. The summed E-state index contributed by atoms with van der Waals surface area (Å²) in [6.07, 6.45) is 3.18. The van der Waals surface area contributed by atoms with E-state index in [-0.39, 0.29) is 11.6 Å². The molecule has 1 heterocycles. The average Bonchev–Trinajstić information content (AvgIpc) is 3.01. The summed E-state index contributed by atoms with van der Waals surface area (Å²) in [5, 5.41) is 21.9. The van der Waals surface area contributed by atoms with Crippen molar-refractivity contribution in [2.75, 3.05) is 19.0 Å². The van der Waals surface area contributed by atoms with E-state index in [2.05, 4.69) is 15.5 Å². The molecule has 1 amide bonds. The van der Waals surface area contributed by atoms with Crippen molar-refractivity contribution >= 4 is 46.5 Å². The highest BCUT2D eigenvalue weighted by molar-refractivity contribution is 8.18. The topological polar surface area (TPSA) is 100 Å². The van der Waals surface area contributed by atoms with Gasteiger partial charge in [0, 0.05) is 31.9 Å². The number of non-ortho nitro benzene ring substituents is 1. The first-order valence-corrected chi connectivity index (χ1v) is 9.08. The number of amidine groups is 1. The van der Waals surface area contributed by atoms with Crippen molar-refractivity contribution in [2.24, 2.45) is 10.2 Å². The molecule has 0 aliphatic carbocycles. The second-order valence-corrected chi connectivity index (χ2v) is 7.08. The SMILES string of the molecule is CN(C)c1ccc(C=NN=C2NC(=O)/C(=C\c3cccc([N+](=O)[O-])c3)S2)cc1. The van der Waals surface area contributed by atoms with Gasteiger partial charge in [-0.15, -0.1) is 5.10 Å². The normalized spacial score (nSPS) is 16.7. The van der Waals surface area contributed by atoms with Gasteiger partial charge in [0.1, 0.15) is 0 Å². The van der Waals surface area contributed by atoms with Gasteiger partial charge in [-0.05, 0) is 41.1 Å². The lowest BCUT2D eigenvalue weighted by Crippen LogP contribution is -2.19. The fraction of sp³-hybridized carbons (Fsp3) is 0.105. The van der Waals surface area contributed by atoms with Crippen LogP contribution in [0.5, 0.6) is 0 Å². The highest BCUT2D eigenvalue weighted by Crippen LogP contribution is 2.27. The first-order valence-electron chi connectivity index (χ1n) is 8.26. The van der Waals surface area contributed by atoms with Gasteiger partial charge in [-0.2, -0.15) is 5.10 Å². The van der Waals surface area contributed by atoms with Gasteiger partial charge in [0.05, 0.1) is 16.0 Å². The van der Waals surface area contributed by atoms with E-state index < -0.39 is 4.92 Å². The van der Waals surface area contributed by atoms with Gasteiger partial charge in [0.15, 0.2) is 5.17 Å². The van der Waals surface area contributed by atoms with E-state index in [1.807, 2.05) is 43.3 Å². The van der Waals surface area contributed by atoms with Gasteiger partial charge in [-0.1, -0.05) is 24.3 Å². The van der Waals surface area contributed by atoms with Crippen LogP contribution in [0.15, 0.2) is 63.6 Å². The molecule has 0 atom stereocenters. The first-order chi connectivity index (χ1) is 13.4. The third kappa shape index (κ3) is 4.83. The minimum Gasteiger partial charge on any atom is -0.378 e. The van der Waals surface area contributed by atoms with E-state index >= 15 is 0 Å². The Balaban J connectivity index is 1.69. The van der Waals surface area contributed by atoms with Crippen LogP contribution in [0.4, 0.5) is 11.4 Å². The van der Waals surface area contributed by atoms with Crippen LogP contribution in [0.25, 0.3) is 6.08 Å². The standard InChI is InChI=1S/C19H17N5O3S/c1-23(2)15-8-6-13(7-9-15)12-20-22-19-21-18(25)17(28-19)11-14-4-3-5-16(10-14)24(26)27/h3-12H,1-2H3,(H,21,22,25)/b17-11+,20-12?. The smallest absolute Gasteiger partial charge is 0.270 e. The minimum absolute atomic E-state index is 0.0310. The number of carbonyl (C=O) groups is 1. The summed E-state index contributed by atoms with van der Waals surface area (Å²) in [7, 11) is 3.93. The Morgan fingerprint density at radius 3 is 2.57 bits per heavy atom. The number of anilines is 1. The molecule has 0 aromatic heterocycles. The van der Waals surface area contributed by atoms with Crippen LogP contribution >= 0.6 is 11.8 Å². The maximum atomic E-state index is 12.1. The van der Waals surface area contributed by atoms with Gasteiger partial charge < -0.3 is 4.90 Å². The summed E-state index contributed by atoms with van der Waals surface area (Å²) < 4.78 is 0. The second kappa shape index (κ2) is 8.49. The zero-order valence-electron chi connectivity index (χ0n) is 15.2. The van der Waals surface area contributed by atoms with Crippen molar-refractivity contribution in [3.05, 3.63) is 74.7 Å². The van der Waals surface area contributed by atoms with Crippen LogP contribution in [0.2, 0.25) is 0 Å². The highest BCUT2D eigenvalue weighted by Gasteiger charge is 2.24. The number of nitrogens with zero attached hydrogens (tertiary/aromatic N) is 4. The lowest BCUT2D eigenvalue weighted by Gasteiger charge is -2.11. The molecule has 28 heavy (non-hydrogen) atoms. The summed E-state index contributed by atoms with van der Waals surface area (Å²) in [5.41, 5.74) is 2.50. The molecule has 2 aromatic carbocycles. The molecular weight excluding hydrogens is 378 g/mol. The molecule has 1 fully saturated rings. The van der Waals surface area contributed by atoms with E-state index in [1.165, 1.54) is 12.1 Å². The highest BCUT2D eigenvalue weighted by atomic mass is 32.2. The molecule has 1 aliphatic rings. The molecule has 0 unspecified atom stereocenters. The Bertz CT molecular complexity index is 997. The average molecular weight is 395 g/mol. The monoisotopic (exact) mass is 395 g/mol. The summed E-state index contributed by atoms with van der Waals surface area (Å²) in [4.78, 5) is 24.8. The van der Waals surface area contributed by atoms with Crippen molar-refractivity contribution in [1.82, 2.24) is 5.32 Å². The number of carbonyl (C=O) groups excluding carboxylic acids is 1. The van der Waals surface area contributed by atoms with Crippen LogP contribution in [0.1, 0.15) is 11.1 Å². The summed E-state index contributed by atoms with van der Waals surface area (Å²) in [5.74, 6) is -0.319. The number of rotatable bonds is 5. The van der Waals surface area contributed by atoms with Crippen LogP contribution in [0.3, 0.4) is 0 Å². The van der Waals surface area contributed by atoms with Gasteiger partial charge >= 0.3 is 0 Å². The molecule has 8 nitrogen and oxygen atoms in total. The van der Waals surface area contributed by atoms with Gasteiger partial charge in [0.2, 0.25) is 0 Å². The maximum Gasteiger partial charge on any atom is 0.270 e. The molecular formula is C19H17N5O3S. The molecule has 3 rings (SSSR count). The summed E-state index contributed by atoms with van der Waals surface area (Å²) in [6.45, 7) is 0. The predicted molar refractivity (Wildman–Crippen MR) is 113 cm³/mol. The van der Waals surface area contributed by atoms with Crippen molar-refractivity contribution in [1.29, 1.82) is 0 Å². The van der Waals surface area contributed by atoms with Gasteiger partial charge in [0.25, 0.3) is 11.6 Å². The molecule has 1 N–H and O–H groups in total. The van der Waals surface area contributed by atoms with E-state index in [0.717, 1.165) is 23.0 Å². The Kier molecular flexibility index (Phi) is 5.85. The number of amides is 1. The van der Waals surface area contributed by atoms with Crippen LogP contribution < -0.4 is 10.2 Å². The fourth-order valence-corrected chi connectivity index (χ4v) is 3.14. The van der Waals surface area contributed by atoms with Crippen LogP contribution in [-0.4, -0.2) is 36.3 Å². The number of nitro benzene ring substituents is 1. The molecule has 1 saturated heterocycles. The van der Waals surface area contributed by atoms with E-state index in [0.29, 0.717) is 15.6 Å². The number of thioether (sulfide) groups is 1. The Morgan fingerprint density at radius 1 is 1.14 bits per heavy atom. The maximum absolute atomic E-state index is 12.1. The lowest BCUT2D eigenvalue weighted by atomic mass is 10.2. The predicted octanol–water partition coefficient (Wildman–Crippen LogP) is 3.25. The number of nitro groups is 1. The fourth-order valence-electron chi connectivity index (χ4n) is 2.36. The third-order valence-corrected chi connectivity index (χ3v) is 4.69. The molecule has 0 saturated carbocycles. The zero-order valence-corrected chi connectivity index (χ0v) is 16.0. The largest absolute Gasteiger partial charge is 0.378 e. The van der Waals surface area contributed by atoms with Gasteiger partial charge in [-0.3, -0.25) is 20.2 Å². The molecule has 9 heteroatoms. The Labute approximate surface area is 165 Å². The first kappa shape index (κ1) is 19.3. The molecule has 142 valence electrons. The van der Waals surface area contributed by atoms with Crippen molar-refractivity contribution in [2.45, 2.75) is 0 Å². The van der Waals surface area contributed by atoms with Gasteiger partial charge in [-0.25, -0.2) is 0 Å². The molecule has 0 spiro atoms. The number of nitrogens with one attached hydrogen (secondary N) is 1. The molecule has 0 bridgehead atoms. The molecule has 2 aromatic rings. The van der Waals surface area contributed by atoms with Crippen LogP contribution in [-0.2, 0) is 4.79 Å². The van der Waals surface area contributed by atoms with E-state index in [4.69, 9.17) is 0 Å². The van der Waals surface area contributed by atoms with Crippen molar-refractivity contribution in [3.63, 3.8) is 0 Å². The number of hydrogen-bond donors (Lipinski definition) is 1. The minimum atomic E-state index is -0.476. The second-order valence-electron chi connectivity index (χ2n) is 6.05. The van der Waals surface area contributed by atoms with E-state index in [9.17, 15) is 14.9 Å². The molecule has 1 aliphatic heterocycles. The van der Waals surface area contributed by atoms with Crippen molar-refractivity contribution < 1.29 is 9.72 Å². The quantitative estimate of drug-likeness (QED) is 0.362. The molecule has 0 radical (unpaired) electrons. The van der Waals surface area contributed by atoms with Crippen LogP contribution in [0, 0.1) is 10.1 Å². The lowest BCUT2D eigenvalue weighted by molar-refractivity contribution is -0.384.